The number of β-lactam (4-membered cyclic amide) rings is 6. The molecule has 6 heterocycles. The van der Waals surface area contributed by atoms with E-state index in [1.54, 1.807) is 11.8 Å². The Hall–Kier alpha value is 0.513. The molecule has 0 spiro atoms. The molecule has 7 rings (SSSR count). The normalized spacial score (nSPS) is 17.6. The fourth-order valence-electron chi connectivity index (χ4n) is 10.5. The summed E-state index contributed by atoms with van der Waals surface area (Å²) in [7, 11) is 6.70. The van der Waals surface area contributed by atoms with Crippen molar-refractivity contribution in [2.45, 2.75) is 322 Å². The fourth-order valence-corrected chi connectivity index (χ4v) is 10.9. The van der Waals surface area contributed by atoms with Crippen molar-refractivity contribution < 1.29 is 234 Å². The van der Waals surface area contributed by atoms with Crippen LogP contribution in [0.1, 0.15) is 284 Å². The zero-order valence-corrected chi connectivity index (χ0v) is 91.4. The molecule has 1 aromatic carbocycles. The molecule has 1 aromatic rings. The Bertz CT molecular complexity index is 2490. The number of thioether (sulfide) groups is 1. The summed E-state index contributed by atoms with van der Waals surface area (Å²) in [4.78, 5) is 79.7. The molecule has 14 nitrogen and oxygen atoms in total. The van der Waals surface area contributed by atoms with Gasteiger partial charge in [0.05, 0.1) is 87.1 Å². The maximum Gasteiger partial charge on any atom is 0.226 e. The number of likely N-dealkylation sites (tertiary alicyclic amines) is 6. The second kappa shape index (κ2) is 99.3. The molecule has 6 amide bonds. The van der Waals surface area contributed by atoms with Crippen LogP contribution >= 0.6 is 11.8 Å². The van der Waals surface area contributed by atoms with Crippen LogP contribution in [0.25, 0.3) is 0 Å². The number of ether oxygens (including phenoxy) is 2. The van der Waals surface area contributed by atoms with Gasteiger partial charge in [-0.2, -0.15) is 26.4 Å². The number of rotatable bonds is 36. The predicted molar refractivity (Wildman–Crippen MR) is 454 cm³/mol. The van der Waals surface area contributed by atoms with Crippen molar-refractivity contribution in [1.82, 2.24) is 29.4 Å². The number of nitrogens with zero attached hydrogens (tertiary/aromatic N) is 6. The molecular weight excluding hydrogens is 1860 g/mol. The van der Waals surface area contributed by atoms with Gasteiger partial charge in [-0.1, -0.05) is 247 Å². The van der Waals surface area contributed by atoms with Crippen LogP contribution in [0.3, 0.4) is 0 Å². The first-order valence-electron chi connectivity index (χ1n) is 40.7. The van der Waals surface area contributed by atoms with E-state index in [9.17, 15) is 28.8 Å². The van der Waals surface area contributed by atoms with Gasteiger partial charge in [-0.25, -0.2) is 7.11 Å². The maximum absolute atomic E-state index is 11.6. The van der Waals surface area contributed by atoms with Gasteiger partial charge in [0.1, 0.15) is 0 Å². The first kappa shape index (κ1) is 135. The smallest absolute Gasteiger partial charge is 0.226 e. The molecule has 6 saturated heterocycles. The van der Waals surface area contributed by atoms with E-state index in [4.69, 9.17) is 9.47 Å². The Morgan fingerprint density at radius 2 is 0.766 bits per heavy atom. The minimum atomic E-state index is 0. The molecule has 111 heavy (non-hydrogen) atoms. The number of amides is 6. The molecule has 0 bridgehead atoms. The molecule has 6 aliphatic rings. The molecule has 0 N–H and O–H groups in total. The Morgan fingerprint density at radius 3 is 1.09 bits per heavy atom. The predicted octanol–water partition coefficient (Wildman–Crippen LogP) is 21.9. The summed E-state index contributed by atoms with van der Waals surface area (Å²) in [6.07, 6.45) is 56.0. The molecule has 21 heteroatoms. The van der Waals surface area contributed by atoms with Gasteiger partial charge in [-0.05, 0) is 100 Å². The van der Waals surface area contributed by atoms with E-state index in [-0.39, 0.29) is 232 Å². The van der Waals surface area contributed by atoms with Gasteiger partial charge in [0.2, 0.25) is 35.4 Å². The summed E-state index contributed by atoms with van der Waals surface area (Å²) < 4.78 is 9.67. The third kappa shape index (κ3) is 64.1. The number of hydrogen-bond donors (Lipinski definition) is 0. The summed E-state index contributed by atoms with van der Waals surface area (Å²) in [6.45, 7) is 53.2. The number of carbonyl (C=O) groups excluding carboxylic acids is 6. The monoisotopic (exact) mass is 2010 g/mol. The summed E-state index contributed by atoms with van der Waals surface area (Å²) in [5, 5.41) is 0. The van der Waals surface area contributed by atoms with Crippen LogP contribution in [0, 0.1) is 53.1 Å². The summed E-state index contributed by atoms with van der Waals surface area (Å²) in [5.74, 6) is 9.41. The first-order valence-corrected chi connectivity index (χ1v) is 41.9. The quantitative estimate of drug-likeness (QED) is 0.0211. The Kier molecular flexibility index (Phi) is 121. The molecule has 6 fully saturated rings. The molecule has 622 valence electrons. The van der Waals surface area contributed by atoms with Crippen molar-refractivity contribution in [3.05, 3.63) is 156 Å². The molecule has 6 aliphatic heterocycles. The second-order valence-corrected chi connectivity index (χ2v) is 24.3. The number of benzene rings is 1. The van der Waals surface area contributed by atoms with Gasteiger partial charge in [0.15, 0.2) is 0 Å². The van der Waals surface area contributed by atoms with E-state index in [1.807, 2.05) is 137 Å². The van der Waals surface area contributed by atoms with E-state index in [0.29, 0.717) is 94.2 Å². The fraction of sp³-hybridized carbons (Fsp3) is 0.622. The van der Waals surface area contributed by atoms with Gasteiger partial charge >= 0.3 is 0 Å². The van der Waals surface area contributed by atoms with Crippen LogP contribution < -0.4 is 4.74 Å². The van der Waals surface area contributed by atoms with Crippen molar-refractivity contribution in [3.8, 4) is 17.6 Å². The van der Waals surface area contributed by atoms with E-state index < -0.39 is 0 Å². The van der Waals surface area contributed by atoms with Crippen molar-refractivity contribution in [3.63, 3.8) is 0 Å². The molecule has 6 radical (unpaired) electrons. The average molecular weight is 2010 g/mol. The van der Waals surface area contributed by atoms with Crippen molar-refractivity contribution in [1.29, 1.82) is 0 Å². The van der Waals surface area contributed by atoms with Crippen LogP contribution in [0.15, 0.2) is 109 Å². The van der Waals surface area contributed by atoms with Gasteiger partial charge in [-0.3, -0.25) is 35.0 Å². The number of hydrogen-bond acceptors (Lipinski definition) is 9. The molecule has 6 atom stereocenters. The van der Waals surface area contributed by atoms with E-state index in [0.717, 1.165) is 146 Å². The molecule has 0 saturated carbocycles. The van der Waals surface area contributed by atoms with Crippen molar-refractivity contribution >= 4 is 47.2 Å². The standard InChI is InChI=1S/C15H18NO2.C13H22NO.C13H20NO.C13H18NO.C12H20NO2.C12H20NOS.6C2H6.6Y/c1-3-4-7-13-10-15(17)16(13)11-12-6-5-8-14(9-12)18-2;3*1-3-5-7-8-10-14-12(9-6-4-2)11-13(14)15;2*1-3-4-7-11-10-12(14)13(11)8-5-6-9-15-2;6*1-2;;;;;;/h4-9,13H,2-3,10-11H2,1H3;6,9,12H,1,3-5,7-8,10-11H2,2H3;6-9,12H,1,3-5,10-11H2,2H3;6,9,12H,1,3-5,10-11H2,2H3;2*4,7,11H,2-3,5-6,8-10H2,1H3;6*1-2H3;;;;;;/q6*-1;;;;;;;;;;;;/b;;8-7-,9-6?;;;;;;;;;;;;;;;. The Balaban J connectivity index is -0.000000116. The third-order valence-electron chi connectivity index (χ3n) is 16.1. The van der Waals surface area contributed by atoms with Crippen LogP contribution in [-0.4, -0.2) is 146 Å². The summed E-state index contributed by atoms with van der Waals surface area (Å²) >= 11 is 1.63. The summed E-state index contributed by atoms with van der Waals surface area (Å²) in [5.41, 5.74) is 1.07. The van der Waals surface area contributed by atoms with E-state index in [1.165, 1.54) is 12.8 Å². The molecular formula is C90H154N6O8SY6-6. The van der Waals surface area contributed by atoms with Crippen molar-refractivity contribution in [2.75, 3.05) is 45.1 Å². The van der Waals surface area contributed by atoms with E-state index in [2.05, 4.69) is 180 Å². The molecule has 0 aromatic heterocycles. The Labute approximate surface area is 839 Å². The average Bonchev–Trinajstić information content (AvgIpc) is 0.800. The SMILES string of the molecule is CC.CC.CC.CC.CC.CC.[CH2-]CC/C=C\CN1C(=O)CC1C=CCC.[CH2-]CCC#CCN1C(=O)CC1C=CCC.[CH2-]CCCCCN1C(=O)CC1C=CCC.[CH2-]OCCCCN1C(=O)CC1C=CCC.[CH2-]Oc1cccc(CN2C(=O)CC2C=CCC)c1.[CH2-]SCCCCN1C(=O)CC1C=CCC.[Y].[Y].[Y].[Y].[Y].[Y]. The zero-order chi connectivity index (χ0) is 80.4. The maximum atomic E-state index is 11.6. The van der Waals surface area contributed by atoms with Crippen LogP contribution in [0.4, 0.5) is 0 Å². The third-order valence-corrected chi connectivity index (χ3v) is 16.7. The molecule has 0 aliphatic carbocycles. The zero-order valence-electron chi connectivity index (χ0n) is 73.5. The number of allylic oxidation sites excluding steroid dienone is 7. The molecule has 6 unspecified atom stereocenters. The van der Waals surface area contributed by atoms with E-state index >= 15 is 0 Å². The van der Waals surface area contributed by atoms with Crippen LogP contribution in [0.5, 0.6) is 5.75 Å². The van der Waals surface area contributed by atoms with Crippen LogP contribution in [-0.2, 0) is 236 Å². The first-order chi connectivity index (χ1) is 51.2. The topological polar surface area (TPSA) is 140 Å². The second-order valence-electron chi connectivity index (χ2n) is 23.5. The van der Waals surface area contributed by atoms with Gasteiger partial charge < -0.3 is 71.4 Å². The largest absolute Gasteiger partial charge is 0.665 e. The van der Waals surface area contributed by atoms with Gasteiger partial charge in [-0.15, -0.1) is 5.92 Å². The van der Waals surface area contributed by atoms with Crippen LogP contribution in [0.2, 0.25) is 0 Å². The number of carbonyl (C=O) groups is 6. The van der Waals surface area contributed by atoms with Crippen molar-refractivity contribution in [2.24, 2.45) is 0 Å². The summed E-state index contributed by atoms with van der Waals surface area (Å²) in [6, 6.07) is 9.66. The number of unbranched alkanes of at least 4 members (excludes halogenated alkanes) is 7. The Morgan fingerprint density at radius 1 is 0.414 bits per heavy atom. The minimum absolute atomic E-state index is 0. The minimum Gasteiger partial charge on any atom is -0.665 e. The van der Waals surface area contributed by atoms with Gasteiger partial charge in [0, 0.05) is 236 Å². The van der Waals surface area contributed by atoms with Gasteiger partial charge in [0.25, 0.3) is 0 Å².